The van der Waals surface area contributed by atoms with Gasteiger partial charge in [0.05, 0.1) is 23.9 Å². The number of ketones is 2. The van der Waals surface area contributed by atoms with Crippen molar-refractivity contribution in [1.29, 1.82) is 0 Å². The SMILES string of the molecule is CCC(=O)C(c1ccccc1[N+](=O)[O-])C(CC(=O)OCC(C)C)C(C)=O. The van der Waals surface area contributed by atoms with E-state index in [0.717, 1.165) is 0 Å². The van der Waals surface area contributed by atoms with Crippen molar-refractivity contribution >= 4 is 23.2 Å². The van der Waals surface area contributed by atoms with Crippen LogP contribution in [0.15, 0.2) is 24.3 Å². The monoisotopic (exact) mass is 363 g/mol. The Labute approximate surface area is 152 Å². The Hall–Kier alpha value is -2.57. The molecule has 0 saturated carbocycles. The van der Waals surface area contributed by atoms with E-state index in [1.807, 2.05) is 13.8 Å². The average Bonchev–Trinajstić information content (AvgIpc) is 2.59. The first-order valence-corrected chi connectivity index (χ1v) is 8.61. The van der Waals surface area contributed by atoms with Crippen LogP contribution in [0.3, 0.4) is 0 Å². The summed E-state index contributed by atoms with van der Waals surface area (Å²) >= 11 is 0. The Kier molecular flexibility index (Phi) is 8.09. The third-order valence-electron chi connectivity index (χ3n) is 4.05. The van der Waals surface area contributed by atoms with Gasteiger partial charge < -0.3 is 4.74 Å². The zero-order valence-electron chi connectivity index (χ0n) is 15.6. The minimum absolute atomic E-state index is 0.0987. The summed E-state index contributed by atoms with van der Waals surface area (Å²) in [5, 5.41) is 11.3. The lowest BCUT2D eigenvalue weighted by Gasteiger charge is -2.23. The molecule has 1 aromatic rings. The highest BCUT2D eigenvalue weighted by Crippen LogP contribution is 2.35. The van der Waals surface area contributed by atoms with E-state index in [4.69, 9.17) is 4.74 Å². The minimum Gasteiger partial charge on any atom is -0.465 e. The molecule has 0 N–H and O–H groups in total. The molecule has 0 aromatic heterocycles. The van der Waals surface area contributed by atoms with Gasteiger partial charge in [0.2, 0.25) is 0 Å². The predicted molar refractivity (Wildman–Crippen MR) is 95.7 cm³/mol. The molecule has 0 fully saturated rings. The highest BCUT2D eigenvalue weighted by atomic mass is 16.6. The van der Waals surface area contributed by atoms with Gasteiger partial charge in [-0.25, -0.2) is 0 Å². The van der Waals surface area contributed by atoms with Crippen LogP contribution in [0.25, 0.3) is 0 Å². The number of benzene rings is 1. The summed E-state index contributed by atoms with van der Waals surface area (Å²) in [7, 11) is 0. The van der Waals surface area contributed by atoms with E-state index in [2.05, 4.69) is 0 Å². The van der Waals surface area contributed by atoms with Crippen molar-refractivity contribution < 1.29 is 24.0 Å². The minimum atomic E-state index is -1.05. The van der Waals surface area contributed by atoms with Crippen LogP contribution in [0.2, 0.25) is 0 Å². The normalized spacial score (nSPS) is 13.1. The molecular weight excluding hydrogens is 338 g/mol. The van der Waals surface area contributed by atoms with Gasteiger partial charge in [0, 0.05) is 24.0 Å². The number of nitro groups is 1. The lowest BCUT2D eigenvalue weighted by atomic mass is 9.77. The summed E-state index contributed by atoms with van der Waals surface area (Å²) < 4.78 is 5.12. The van der Waals surface area contributed by atoms with E-state index in [-0.39, 0.29) is 48.2 Å². The number of hydrogen-bond acceptors (Lipinski definition) is 6. The third kappa shape index (κ3) is 5.75. The smallest absolute Gasteiger partial charge is 0.306 e. The molecule has 2 unspecified atom stereocenters. The topological polar surface area (TPSA) is 104 Å². The van der Waals surface area contributed by atoms with Gasteiger partial charge in [-0.1, -0.05) is 39.0 Å². The van der Waals surface area contributed by atoms with Crippen molar-refractivity contribution in [2.75, 3.05) is 6.61 Å². The molecule has 7 heteroatoms. The van der Waals surface area contributed by atoms with E-state index in [0.29, 0.717) is 0 Å². The summed E-state index contributed by atoms with van der Waals surface area (Å²) in [5.41, 5.74) is -0.0812. The van der Waals surface area contributed by atoms with Crippen LogP contribution in [-0.4, -0.2) is 29.1 Å². The number of para-hydroxylation sites is 1. The molecule has 0 amide bonds. The van der Waals surface area contributed by atoms with Crippen LogP contribution < -0.4 is 0 Å². The van der Waals surface area contributed by atoms with E-state index in [1.54, 1.807) is 13.0 Å². The summed E-state index contributed by atoms with van der Waals surface area (Å²) in [6, 6.07) is 5.83. The third-order valence-corrected chi connectivity index (χ3v) is 4.05. The van der Waals surface area contributed by atoms with Gasteiger partial charge in [-0.05, 0) is 12.8 Å². The van der Waals surface area contributed by atoms with Gasteiger partial charge in [0.25, 0.3) is 5.69 Å². The molecule has 0 aliphatic heterocycles. The maximum absolute atomic E-state index is 12.6. The van der Waals surface area contributed by atoms with Crippen molar-refractivity contribution in [3.63, 3.8) is 0 Å². The number of carbonyl (C=O) groups excluding carboxylic acids is 3. The van der Waals surface area contributed by atoms with E-state index >= 15 is 0 Å². The summed E-state index contributed by atoms with van der Waals surface area (Å²) in [5.74, 6) is -3.20. The van der Waals surface area contributed by atoms with Crippen LogP contribution in [-0.2, 0) is 19.1 Å². The van der Waals surface area contributed by atoms with Crippen molar-refractivity contribution in [3.05, 3.63) is 39.9 Å². The van der Waals surface area contributed by atoms with Crippen molar-refractivity contribution in [2.45, 2.75) is 46.5 Å². The molecular formula is C19H25NO6. The Morgan fingerprint density at radius 1 is 1.19 bits per heavy atom. The number of esters is 1. The number of rotatable bonds is 10. The molecule has 1 rings (SSSR count). The molecule has 0 aliphatic rings. The molecule has 0 radical (unpaired) electrons. The fraction of sp³-hybridized carbons (Fsp3) is 0.526. The highest BCUT2D eigenvalue weighted by molar-refractivity contribution is 5.95. The van der Waals surface area contributed by atoms with Gasteiger partial charge in [0.15, 0.2) is 0 Å². The maximum atomic E-state index is 12.6. The second-order valence-electron chi connectivity index (χ2n) is 6.61. The second kappa shape index (κ2) is 9.79. The van der Waals surface area contributed by atoms with E-state index < -0.39 is 22.7 Å². The zero-order chi connectivity index (χ0) is 19.9. The lowest BCUT2D eigenvalue weighted by Crippen LogP contribution is -2.30. The Balaban J connectivity index is 3.27. The summed E-state index contributed by atoms with van der Waals surface area (Å²) in [6.07, 6.45) is -0.188. The molecule has 0 heterocycles. The molecule has 142 valence electrons. The number of Topliss-reactive ketones (excluding diaryl/α,β-unsaturated/α-hetero) is 2. The average molecular weight is 363 g/mol. The molecule has 0 spiro atoms. The molecule has 0 aliphatic carbocycles. The second-order valence-corrected chi connectivity index (χ2v) is 6.61. The highest BCUT2D eigenvalue weighted by Gasteiger charge is 2.37. The quantitative estimate of drug-likeness (QED) is 0.358. The molecule has 0 bridgehead atoms. The predicted octanol–water partition coefficient (Wildman–Crippen LogP) is 3.45. The number of ether oxygens (including phenoxy) is 1. The van der Waals surface area contributed by atoms with E-state index in [1.165, 1.54) is 25.1 Å². The first-order valence-electron chi connectivity index (χ1n) is 8.61. The van der Waals surface area contributed by atoms with Gasteiger partial charge in [-0.3, -0.25) is 24.5 Å². The molecule has 0 saturated heterocycles. The molecule has 2 atom stereocenters. The fourth-order valence-corrected chi connectivity index (χ4v) is 2.75. The molecule has 1 aromatic carbocycles. The van der Waals surface area contributed by atoms with Crippen LogP contribution in [0.5, 0.6) is 0 Å². The first-order chi connectivity index (χ1) is 12.2. The van der Waals surface area contributed by atoms with Gasteiger partial charge in [-0.2, -0.15) is 0 Å². The number of nitrogens with zero attached hydrogens (tertiary/aromatic N) is 1. The maximum Gasteiger partial charge on any atom is 0.306 e. The van der Waals surface area contributed by atoms with Crippen molar-refractivity contribution in [1.82, 2.24) is 0 Å². The Bertz CT molecular complexity index is 682. The van der Waals surface area contributed by atoms with Crippen LogP contribution in [0, 0.1) is 22.0 Å². The summed E-state index contributed by atoms with van der Waals surface area (Å²) in [6.45, 7) is 6.88. The van der Waals surface area contributed by atoms with Crippen molar-refractivity contribution in [2.24, 2.45) is 11.8 Å². The van der Waals surface area contributed by atoms with Crippen LogP contribution in [0.4, 0.5) is 5.69 Å². The van der Waals surface area contributed by atoms with Crippen LogP contribution >= 0.6 is 0 Å². The van der Waals surface area contributed by atoms with Crippen LogP contribution in [0.1, 0.15) is 52.0 Å². The number of hydrogen-bond donors (Lipinski definition) is 0. The van der Waals surface area contributed by atoms with E-state index in [9.17, 15) is 24.5 Å². The lowest BCUT2D eigenvalue weighted by molar-refractivity contribution is -0.385. The molecule has 26 heavy (non-hydrogen) atoms. The standard InChI is InChI=1S/C19H25NO6/c1-5-17(22)19(14-8-6-7-9-16(14)20(24)25)15(13(4)21)10-18(23)26-11-12(2)3/h6-9,12,15,19H,5,10-11H2,1-4H3. The number of nitro benzene ring substituents is 1. The largest absolute Gasteiger partial charge is 0.465 e. The fourth-order valence-electron chi connectivity index (χ4n) is 2.75. The molecule has 7 nitrogen and oxygen atoms in total. The van der Waals surface area contributed by atoms with Gasteiger partial charge >= 0.3 is 5.97 Å². The Morgan fingerprint density at radius 2 is 1.81 bits per heavy atom. The first kappa shape index (κ1) is 21.5. The van der Waals surface area contributed by atoms with Crippen molar-refractivity contribution in [3.8, 4) is 0 Å². The van der Waals surface area contributed by atoms with Gasteiger partial charge in [-0.15, -0.1) is 0 Å². The zero-order valence-corrected chi connectivity index (χ0v) is 15.6. The van der Waals surface area contributed by atoms with Gasteiger partial charge in [0.1, 0.15) is 11.6 Å². The number of carbonyl (C=O) groups is 3. The Morgan fingerprint density at radius 3 is 2.31 bits per heavy atom. The summed E-state index contributed by atoms with van der Waals surface area (Å²) in [4.78, 5) is 47.6.